The highest BCUT2D eigenvalue weighted by Gasteiger charge is 2.27. The summed E-state index contributed by atoms with van der Waals surface area (Å²) in [7, 11) is 0. The lowest BCUT2D eigenvalue weighted by atomic mass is 10.0. The first kappa shape index (κ1) is 15.6. The van der Waals surface area contributed by atoms with Crippen LogP contribution in [0.3, 0.4) is 0 Å². The molecule has 0 bridgehead atoms. The third-order valence-electron chi connectivity index (χ3n) is 3.08. The van der Waals surface area contributed by atoms with Gasteiger partial charge >= 0.3 is 6.03 Å². The maximum absolute atomic E-state index is 11.7. The molecule has 0 radical (unpaired) electrons. The van der Waals surface area contributed by atoms with Crippen LogP contribution in [0.5, 0.6) is 0 Å². The molecule has 2 aromatic heterocycles. The van der Waals surface area contributed by atoms with Crippen molar-refractivity contribution in [3.8, 4) is 0 Å². The van der Waals surface area contributed by atoms with E-state index in [0.29, 0.717) is 12.3 Å². The van der Waals surface area contributed by atoms with Crippen molar-refractivity contribution in [2.75, 3.05) is 6.54 Å². The van der Waals surface area contributed by atoms with Crippen LogP contribution in [0.1, 0.15) is 28.2 Å². The van der Waals surface area contributed by atoms with Crippen LogP contribution in [0.4, 0.5) is 4.79 Å². The van der Waals surface area contributed by atoms with Crippen molar-refractivity contribution in [3.63, 3.8) is 0 Å². The summed E-state index contributed by atoms with van der Waals surface area (Å²) in [5, 5.41) is 15.7. The number of furan rings is 1. The van der Waals surface area contributed by atoms with E-state index in [-0.39, 0.29) is 12.6 Å². The number of carbonyl (C=O) groups is 1. The molecule has 2 rings (SSSR count). The predicted molar refractivity (Wildman–Crippen MR) is 82.3 cm³/mol. The van der Waals surface area contributed by atoms with Gasteiger partial charge in [0.25, 0.3) is 0 Å². The molecule has 114 valence electrons. The van der Waals surface area contributed by atoms with Gasteiger partial charge in [-0.3, -0.25) is 0 Å². The monoisotopic (exact) mass is 308 g/mol. The highest BCUT2D eigenvalue weighted by molar-refractivity contribution is 7.11. The minimum Gasteiger partial charge on any atom is -0.463 e. The number of nitrogens with one attached hydrogen (secondary N) is 2. The lowest BCUT2D eigenvalue weighted by Crippen LogP contribution is -2.43. The molecule has 0 aliphatic rings. The summed E-state index contributed by atoms with van der Waals surface area (Å²) in [6.45, 7) is 6.00. The lowest BCUT2D eigenvalue weighted by molar-refractivity contribution is 0.0360. The molecule has 1 atom stereocenters. The third-order valence-corrected chi connectivity index (χ3v) is 4.08. The van der Waals surface area contributed by atoms with Gasteiger partial charge in [-0.05, 0) is 45.0 Å². The first-order valence-corrected chi connectivity index (χ1v) is 7.55. The first-order chi connectivity index (χ1) is 9.87. The zero-order valence-corrected chi connectivity index (χ0v) is 13.2. The summed E-state index contributed by atoms with van der Waals surface area (Å²) < 4.78 is 5.39. The highest BCUT2D eigenvalue weighted by atomic mass is 32.1. The maximum atomic E-state index is 11.7. The summed E-state index contributed by atoms with van der Waals surface area (Å²) in [6.07, 6.45) is 0. The zero-order chi connectivity index (χ0) is 15.5. The van der Waals surface area contributed by atoms with Crippen molar-refractivity contribution >= 4 is 17.4 Å². The fraction of sp³-hybridized carbons (Fsp3) is 0.400. The summed E-state index contributed by atoms with van der Waals surface area (Å²) in [5.41, 5.74) is -1.23. The number of carbonyl (C=O) groups excluding carboxylic acids is 1. The van der Waals surface area contributed by atoms with Crippen LogP contribution in [-0.2, 0) is 12.1 Å². The number of hydrogen-bond acceptors (Lipinski definition) is 4. The van der Waals surface area contributed by atoms with E-state index in [9.17, 15) is 9.90 Å². The van der Waals surface area contributed by atoms with Crippen LogP contribution in [0.25, 0.3) is 0 Å². The Bertz CT molecular complexity index is 616. The zero-order valence-electron chi connectivity index (χ0n) is 12.4. The largest absolute Gasteiger partial charge is 0.463 e. The fourth-order valence-electron chi connectivity index (χ4n) is 1.87. The maximum Gasteiger partial charge on any atom is 0.315 e. The Morgan fingerprint density at radius 1 is 1.29 bits per heavy atom. The van der Waals surface area contributed by atoms with E-state index in [1.54, 1.807) is 30.4 Å². The number of amides is 2. The van der Waals surface area contributed by atoms with Gasteiger partial charge in [-0.25, -0.2) is 4.79 Å². The number of aryl methyl sites for hydroxylation is 2. The second kappa shape index (κ2) is 6.32. The molecule has 0 fully saturated rings. The van der Waals surface area contributed by atoms with E-state index in [2.05, 4.69) is 10.6 Å². The van der Waals surface area contributed by atoms with Crippen molar-refractivity contribution in [3.05, 3.63) is 45.5 Å². The van der Waals surface area contributed by atoms with Crippen molar-refractivity contribution < 1.29 is 14.3 Å². The quantitative estimate of drug-likeness (QED) is 0.795. The van der Waals surface area contributed by atoms with E-state index in [4.69, 9.17) is 4.42 Å². The molecule has 0 spiro atoms. The number of thiophene rings is 1. The average molecular weight is 308 g/mol. The van der Waals surface area contributed by atoms with E-state index in [1.165, 1.54) is 4.88 Å². The van der Waals surface area contributed by atoms with Crippen molar-refractivity contribution in [2.45, 2.75) is 32.9 Å². The molecule has 2 heterocycles. The molecule has 0 saturated carbocycles. The molecule has 0 aliphatic carbocycles. The molecule has 0 aromatic carbocycles. The van der Waals surface area contributed by atoms with Crippen molar-refractivity contribution in [1.29, 1.82) is 0 Å². The Morgan fingerprint density at radius 2 is 2.05 bits per heavy atom. The Balaban J connectivity index is 1.80. The van der Waals surface area contributed by atoms with Gasteiger partial charge in [-0.2, -0.15) is 0 Å². The van der Waals surface area contributed by atoms with Crippen LogP contribution in [-0.4, -0.2) is 17.7 Å². The summed E-state index contributed by atoms with van der Waals surface area (Å²) in [5.74, 6) is 1.16. The van der Waals surface area contributed by atoms with Gasteiger partial charge in [0.2, 0.25) is 0 Å². The molecule has 0 unspecified atom stereocenters. The third kappa shape index (κ3) is 4.34. The Hall–Kier alpha value is -1.79. The van der Waals surface area contributed by atoms with Gasteiger partial charge in [0, 0.05) is 9.75 Å². The topological polar surface area (TPSA) is 74.5 Å². The predicted octanol–water partition coefficient (Wildman–Crippen LogP) is 2.66. The van der Waals surface area contributed by atoms with Gasteiger partial charge in [0.05, 0.1) is 13.1 Å². The number of aliphatic hydroxyl groups is 1. The molecule has 0 saturated heterocycles. The molecule has 0 aliphatic heterocycles. The molecule has 2 aromatic rings. The Labute approximate surface area is 128 Å². The molecule has 5 nitrogen and oxygen atoms in total. The normalized spacial score (nSPS) is 13.7. The minimum atomic E-state index is -1.23. The second-order valence-corrected chi connectivity index (χ2v) is 6.61. The first-order valence-electron chi connectivity index (χ1n) is 6.73. The van der Waals surface area contributed by atoms with Gasteiger partial charge in [0.15, 0.2) is 0 Å². The van der Waals surface area contributed by atoms with E-state index < -0.39 is 5.60 Å². The van der Waals surface area contributed by atoms with Crippen LogP contribution in [0.2, 0.25) is 0 Å². The van der Waals surface area contributed by atoms with E-state index in [1.807, 2.05) is 26.0 Å². The lowest BCUT2D eigenvalue weighted by Gasteiger charge is -2.21. The molecular formula is C15H20N2O3S. The Kier molecular flexibility index (Phi) is 4.69. The number of hydrogen-bond donors (Lipinski definition) is 3. The van der Waals surface area contributed by atoms with Crippen LogP contribution in [0.15, 0.2) is 28.7 Å². The van der Waals surface area contributed by atoms with E-state index in [0.717, 1.165) is 10.6 Å². The summed E-state index contributed by atoms with van der Waals surface area (Å²) >= 11 is 1.65. The number of rotatable bonds is 5. The Morgan fingerprint density at radius 3 is 2.62 bits per heavy atom. The van der Waals surface area contributed by atoms with Crippen LogP contribution in [0, 0.1) is 13.8 Å². The molecular weight excluding hydrogens is 288 g/mol. The fourth-order valence-corrected chi connectivity index (χ4v) is 2.70. The standard InChI is InChI=1S/C15H20N2O3S/c1-10-4-7-13(20-10)15(3,19)9-17-14(18)16-8-12-6-5-11(2)21-12/h4-7,19H,8-9H2,1-3H3,(H2,16,17,18)/t15-/m0/s1. The van der Waals surface area contributed by atoms with Gasteiger partial charge < -0.3 is 20.2 Å². The SMILES string of the molecule is Cc1ccc([C@@](C)(O)CNC(=O)NCc2ccc(C)s2)o1. The summed E-state index contributed by atoms with van der Waals surface area (Å²) in [4.78, 5) is 14.1. The van der Waals surface area contributed by atoms with Crippen molar-refractivity contribution in [1.82, 2.24) is 10.6 Å². The molecule has 6 heteroatoms. The highest BCUT2D eigenvalue weighted by Crippen LogP contribution is 2.21. The van der Waals surface area contributed by atoms with Crippen molar-refractivity contribution in [2.24, 2.45) is 0 Å². The average Bonchev–Trinajstić information content (AvgIpc) is 3.03. The van der Waals surface area contributed by atoms with Gasteiger partial charge in [0.1, 0.15) is 17.1 Å². The van der Waals surface area contributed by atoms with Crippen LogP contribution < -0.4 is 10.6 Å². The minimum absolute atomic E-state index is 0.0786. The van der Waals surface area contributed by atoms with Crippen LogP contribution >= 0.6 is 11.3 Å². The molecule has 21 heavy (non-hydrogen) atoms. The molecule has 2 amide bonds. The second-order valence-electron chi connectivity index (χ2n) is 5.23. The van der Waals surface area contributed by atoms with E-state index >= 15 is 0 Å². The molecule has 3 N–H and O–H groups in total. The van der Waals surface area contributed by atoms with Gasteiger partial charge in [-0.15, -0.1) is 11.3 Å². The number of urea groups is 1. The summed E-state index contributed by atoms with van der Waals surface area (Å²) in [6, 6.07) is 7.18. The smallest absolute Gasteiger partial charge is 0.315 e. The van der Waals surface area contributed by atoms with Gasteiger partial charge in [-0.1, -0.05) is 0 Å².